The molecule has 0 saturated carbocycles. The van der Waals surface area contributed by atoms with Gasteiger partial charge < -0.3 is 10.2 Å². The lowest BCUT2D eigenvalue weighted by atomic mass is 10.1. The normalized spacial score (nSPS) is 21.2. The van der Waals surface area contributed by atoms with Crippen molar-refractivity contribution in [3.05, 3.63) is 22.2 Å². The van der Waals surface area contributed by atoms with Crippen LogP contribution in [-0.2, 0) is 4.79 Å². The molecule has 0 spiro atoms. The van der Waals surface area contributed by atoms with E-state index in [4.69, 9.17) is 0 Å². The van der Waals surface area contributed by atoms with E-state index in [0.29, 0.717) is 17.1 Å². The van der Waals surface area contributed by atoms with Crippen molar-refractivity contribution in [2.45, 2.75) is 32.7 Å². The number of hydrogen-bond donors (Lipinski definition) is 1. The van der Waals surface area contributed by atoms with Gasteiger partial charge in [0.25, 0.3) is 5.91 Å². The first kappa shape index (κ1) is 12.8. The summed E-state index contributed by atoms with van der Waals surface area (Å²) >= 11 is 1.38. The molecule has 1 fully saturated rings. The summed E-state index contributed by atoms with van der Waals surface area (Å²) in [6.45, 7) is 4.59. The number of carbonyl (C=O) groups excluding carboxylic acids is 2. The third-order valence-corrected chi connectivity index (χ3v) is 5.32. The van der Waals surface area contributed by atoms with E-state index < -0.39 is 0 Å². The lowest BCUT2D eigenvalue weighted by Crippen LogP contribution is -2.40. The van der Waals surface area contributed by atoms with Crippen LogP contribution in [0.15, 0.2) is 6.07 Å². The molecule has 6 heteroatoms. The number of aromatic nitrogens is 1. The molecule has 4 rings (SSSR count). The van der Waals surface area contributed by atoms with Crippen LogP contribution in [0, 0.1) is 13.8 Å². The van der Waals surface area contributed by atoms with Gasteiger partial charge in [-0.1, -0.05) is 0 Å². The second-order valence-corrected chi connectivity index (χ2v) is 6.71. The number of fused-ring (bicyclic) bond motifs is 4. The summed E-state index contributed by atoms with van der Waals surface area (Å²) in [5, 5.41) is 3.88. The van der Waals surface area contributed by atoms with Crippen LogP contribution in [0.3, 0.4) is 0 Å². The van der Waals surface area contributed by atoms with Crippen LogP contribution in [0.4, 0.5) is 5.69 Å². The van der Waals surface area contributed by atoms with Gasteiger partial charge >= 0.3 is 0 Å². The molecule has 0 unspecified atom stereocenters. The van der Waals surface area contributed by atoms with Crippen LogP contribution in [0.5, 0.6) is 0 Å². The number of anilines is 1. The van der Waals surface area contributed by atoms with Crippen molar-refractivity contribution >= 4 is 39.1 Å². The summed E-state index contributed by atoms with van der Waals surface area (Å²) in [7, 11) is 0. The molecular formula is C15H15N3O2S. The van der Waals surface area contributed by atoms with Gasteiger partial charge in [0, 0.05) is 17.6 Å². The first-order chi connectivity index (χ1) is 10.1. The molecule has 2 aromatic heterocycles. The van der Waals surface area contributed by atoms with E-state index >= 15 is 0 Å². The van der Waals surface area contributed by atoms with Crippen LogP contribution in [-0.4, -0.2) is 34.3 Å². The molecule has 21 heavy (non-hydrogen) atoms. The van der Waals surface area contributed by atoms with Gasteiger partial charge in [-0.05, 0) is 38.3 Å². The molecule has 2 amide bonds. The van der Waals surface area contributed by atoms with Gasteiger partial charge in [0.05, 0.1) is 5.69 Å². The molecule has 2 aliphatic rings. The fourth-order valence-electron chi connectivity index (χ4n) is 3.33. The molecule has 0 aromatic carbocycles. The topological polar surface area (TPSA) is 62.3 Å². The molecular weight excluding hydrogens is 286 g/mol. The van der Waals surface area contributed by atoms with E-state index in [0.717, 1.165) is 34.3 Å². The second kappa shape index (κ2) is 4.27. The predicted octanol–water partition coefficient (Wildman–Crippen LogP) is 2.47. The summed E-state index contributed by atoms with van der Waals surface area (Å²) in [6, 6.07) is 1.67. The maximum absolute atomic E-state index is 12.7. The minimum absolute atomic E-state index is 0.0362. The van der Waals surface area contributed by atoms with E-state index in [1.54, 1.807) is 4.90 Å². The van der Waals surface area contributed by atoms with Crippen molar-refractivity contribution in [2.75, 3.05) is 11.9 Å². The molecule has 2 aromatic rings. The summed E-state index contributed by atoms with van der Waals surface area (Å²) in [5.74, 6) is -0.106. The predicted molar refractivity (Wildman–Crippen MR) is 81.8 cm³/mol. The third kappa shape index (κ3) is 1.72. The third-order valence-electron chi connectivity index (χ3n) is 4.25. The van der Waals surface area contributed by atoms with Gasteiger partial charge in [0.2, 0.25) is 5.91 Å². The average molecular weight is 301 g/mol. The van der Waals surface area contributed by atoms with Gasteiger partial charge in [0.15, 0.2) is 0 Å². The molecule has 2 aliphatic heterocycles. The van der Waals surface area contributed by atoms with Crippen molar-refractivity contribution in [3.63, 3.8) is 0 Å². The Morgan fingerprint density at radius 3 is 3.00 bits per heavy atom. The highest BCUT2D eigenvalue weighted by Gasteiger charge is 2.40. The first-order valence-electron chi connectivity index (χ1n) is 7.09. The SMILES string of the molecule is Cc1cc(C)c2c3c(sc2n1)C(=O)N1CCC[C@@H]1C(=O)N3. The highest BCUT2D eigenvalue weighted by molar-refractivity contribution is 7.21. The lowest BCUT2D eigenvalue weighted by molar-refractivity contribution is -0.119. The number of carbonyl (C=O) groups is 2. The number of amides is 2. The fraction of sp³-hybridized carbons (Fsp3) is 0.400. The molecule has 0 radical (unpaired) electrons. The van der Waals surface area contributed by atoms with Crippen LogP contribution < -0.4 is 5.32 Å². The van der Waals surface area contributed by atoms with E-state index in [1.165, 1.54) is 11.3 Å². The van der Waals surface area contributed by atoms with Crippen LogP contribution in [0.1, 0.15) is 33.8 Å². The number of aryl methyl sites for hydroxylation is 2. The zero-order valence-electron chi connectivity index (χ0n) is 11.9. The zero-order valence-corrected chi connectivity index (χ0v) is 12.7. The molecule has 1 atom stereocenters. The largest absolute Gasteiger partial charge is 0.326 e. The molecule has 108 valence electrons. The smallest absolute Gasteiger partial charge is 0.266 e. The number of pyridine rings is 1. The van der Waals surface area contributed by atoms with E-state index in [2.05, 4.69) is 10.3 Å². The van der Waals surface area contributed by atoms with Gasteiger partial charge in [-0.25, -0.2) is 4.98 Å². The zero-order chi connectivity index (χ0) is 14.7. The summed E-state index contributed by atoms with van der Waals surface area (Å²) < 4.78 is 0. The standard InChI is InChI=1S/C15H15N3O2S/c1-7-6-8(2)16-14-10(7)11-12(21-14)15(20)18-5-3-4-9(18)13(19)17-11/h6,9H,3-5H2,1-2H3,(H,17,19)/t9-/m1/s1. The Morgan fingerprint density at radius 2 is 2.19 bits per heavy atom. The van der Waals surface area contributed by atoms with Crippen molar-refractivity contribution in [1.29, 1.82) is 0 Å². The van der Waals surface area contributed by atoms with E-state index in [1.807, 2.05) is 19.9 Å². The molecule has 0 bridgehead atoms. The minimum Gasteiger partial charge on any atom is -0.326 e. The lowest BCUT2D eigenvalue weighted by Gasteiger charge is -2.19. The number of thiophene rings is 1. The Balaban J connectivity index is 1.99. The number of nitrogens with zero attached hydrogens (tertiary/aromatic N) is 2. The molecule has 1 saturated heterocycles. The van der Waals surface area contributed by atoms with Crippen LogP contribution >= 0.6 is 11.3 Å². The van der Waals surface area contributed by atoms with Crippen LogP contribution in [0.25, 0.3) is 10.2 Å². The maximum Gasteiger partial charge on any atom is 0.266 e. The van der Waals surface area contributed by atoms with E-state index in [9.17, 15) is 9.59 Å². The van der Waals surface area contributed by atoms with Crippen LogP contribution in [0.2, 0.25) is 0 Å². The summed E-state index contributed by atoms with van der Waals surface area (Å²) in [6.07, 6.45) is 1.64. The quantitative estimate of drug-likeness (QED) is 0.813. The summed E-state index contributed by atoms with van der Waals surface area (Å²) in [4.78, 5) is 32.8. The van der Waals surface area contributed by atoms with E-state index in [-0.39, 0.29) is 17.9 Å². The van der Waals surface area contributed by atoms with Gasteiger partial charge in [-0.2, -0.15) is 0 Å². The first-order valence-corrected chi connectivity index (χ1v) is 7.90. The molecule has 5 nitrogen and oxygen atoms in total. The van der Waals surface area contributed by atoms with Gasteiger partial charge in [0.1, 0.15) is 15.7 Å². The highest BCUT2D eigenvalue weighted by atomic mass is 32.1. The Labute approximate surface area is 126 Å². The number of rotatable bonds is 0. The Hall–Kier alpha value is -1.95. The Kier molecular flexibility index (Phi) is 2.60. The summed E-state index contributed by atoms with van der Waals surface area (Å²) in [5.41, 5.74) is 2.63. The fourth-order valence-corrected chi connectivity index (χ4v) is 4.54. The maximum atomic E-state index is 12.7. The number of hydrogen-bond acceptors (Lipinski definition) is 4. The Morgan fingerprint density at radius 1 is 1.38 bits per heavy atom. The molecule has 0 aliphatic carbocycles. The van der Waals surface area contributed by atoms with Crippen molar-refractivity contribution in [3.8, 4) is 0 Å². The van der Waals surface area contributed by atoms with Gasteiger partial charge in [-0.3, -0.25) is 9.59 Å². The van der Waals surface area contributed by atoms with Crippen molar-refractivity contribution < 1.29 is 9.59 Å². The molecule has 1 N–H and O–H groups in total. The Bertz CT molecular complexity index is 796. The van der Waals surface area contributed by atoms with Crippen molar-refractivity contribution in [1.82, 2.24) is 9.88 Å². The minimum atomic E-state index is -0.314. The monoisotopic (exact) mass is 301 g/mol. The van der Waals surface area contributed by atoms with Crippen molar-refractivity contribution in [2.24, 2.45) is 0 Å². The molecule has 4 heterocycles. The highest BCUT2D eigenvalue weighted by Crippen LogP contribution is 2.40. The van der Waals surface area contributed by atoms with Gasteiger partial charge in [-0.15, -0.1) is 11.3 Å². The average Bonchev–Trinajstić information content (AvgIpc) is 3.00. The number of nitrogens with one attached hydrogen (secondary N) is 1. The second-order valence-electron chi connectivity index (χ2n) is 5.71.